The number of rotatable bonds is 8. The fourth-order valence-corrected chi connectivity index (χ4v) is 1.93. The molecule has 0 fully saturated rings. The number of carbonyl (C=O) groups excluding carboxylic acids is 1. The summed E-state index contributed by atoms with van der Waals surface area (Å²) in [5, 5.41) is 0. The number of hydrogen-bond acceptors (Lipinski definition) is 3. The molecule has 2 N–H and O–H groups in total. The van der Waals surface area contributed by atoms with Crippen LogP contribution in [0.3, 0.4) is 0 Å². The Morgan fingerprint density at radius 1 is 1.25 bits per heavy atom. The Labute approximate surface area is 121 Å². The molecule has 1 atom stereocenters. The average Bonchev–Trinajstić information content (AvgIpc) is 2.43. The van der Waals surface area contributed by atoms with Gasteiger partial charge in [-0.1, -0.05) is 38.3 Å². The van der Waals surface area contributed by atoms with Crippen molar-refractivity contribution in [2.75, 3.05) is 5.73 Å². The van der Waals surface area contributed by atoms with Crippen LogP contribution in [0.4, 0.5) is 5.69 Å². The van der Waals surface area contributed by atoms with Crippen molar-refractivity contribution in [2.24, 2.45) is 0 Å². The standard InChI is InChI=1S/C17H25NO2/c1-3-4-5-6-7-14(2)20-17(19)13-10-15-8-11-16(18)12-9-15/h8-14H,3-7,18H2,1-2H3/b13-10+. The van der Waals surface area contributed by atoms with Gasteiger partial charge in [-0.15, -0.1) is 0 Å². The number of nitrogen functional groups attached to an aromatic ring is 1. The highest BCUT2D eigenvalue weighted by molar-refractivity contribution is 5.87. The van der Waals surface area contributed by atoms with Crippen LogP contribution in [0.15, 0.2) is 30.3 Å². The zero-order valence-electron chi connectivity index (χ0n) is 12.5. The summed E-state index contributed by atoms with van der Waals surface area (Å²) >= 11 is 0. The second-order valence-corrected chi connectivity index (χ2v) is 5.10. The second-order valence-electron chi connectivity index (χ2n) is 5.10. The summed E-state index contributed by atoms with van der Waals surface area (Å²) < 4.78 is 5.33. The topological polar surface area (TPSA) is 52.3 Å². The van der Waals surface area contributed by atoms with Crippen LogP contribution in [0.1, 0.15) is 51.5 Å². The zero-order valence-corrected chi connectivity index (χ0v) is 12.5. The van der Waals surface area contributed by atoms with E-state index in [1.54, 1.807) is 18.2 Å². The summed E-state index contributed by atoms with van der Waals surface area (Å²) in [6.07, 6.45) is 8.91. The van der Waals surface area contributed by atoms with Gasteiger partial charge in [0.05, 0.1) is 6.10 Å². The molecule has 0 spiro atoms. The summed E-state index contributed by atoms with van der Waals surface area (Å²) in [6, 6.07) is 7.35. The SMILES string of the molecule is CCCCCCC(C)OC(=O)/C=C/c1ccc(N)cc1. The van der Waals surface area contributed by atoms with Gasteiger partial charge in [-0.2, -0.15) is 0 Å². The van der Waals surface area contributed by atoms with E-state index in [-0.39, 0.29) is 12.1 Å². The van der Waals surface area contributed by atoms with Crippen LogP contribution >= 0.6 is 0 Å². The predicted octanol–water partition coefficient (Wildman–Crippen LogP) is 4.18. The smallest absolute Gasteiger partial charge is 0.331 e. The molecule has 0 aliphatic carbocycles. The van der Waals surface area contributed by atoms with Crippen molar-refractivity contribution in [3.8, 4) is 0 Å². The number of carbonyl (C=O) groups is 1. The summed E-state index contributed by atoms with van der Waals surface area (Å²) in [6.45, 7) is 4.13. The van der Waals surface area contributed by atoms with Gasteiger partial charge in [0.2, 0.25) is 0 Å². The number of nitrogens with two attached hydrogens (primary N) is 1. The van der Waals surface area contributed by atoms with Crippen LogP contribution in [0.25, 0.3) is 6.08 Å². The molecule has 20 heavy (non-hydrogen) atoms. The maximum atomic E-state index is 11.6. The molecular weight excluding hydrogens is 250 g/mol. The molecule has 0 heterocycles. The molecule has 0 aromatic heterocycles. The Balaban J connectivity index is 2.30. The molecular formula is C17H25NO2. The van der Waals surface area contributed by atoms with Crippen molar-refractivity contribution in [1.29, 1.82) is 0 Å². The molecule has 1 aromatic rings. The molecule has 3 nitrogen and oxygen atoms in total. The minimum absolute atomic E-state index is 0.0181. The summed E-state index contributed by atoms with van der Waals surface area (Å²) in [5.74, 6) is -0.287. The number of unbranched alkanes of at least 4 members (excludes halogenated alkanes) is 3. The number of esters is 1. The number of hydrogen-bond donors (Lipinski definition) is 1. The monoisotopic (exact) mass is 275 g/mol. The van der Waals surface area contributed by atoms with Gasteiger partial charge >= 0.3 is 5.97 Å². The lowest BCUT2D eigenvalue weighted by Crippen LogP contribution is -2.12. The van der Waals surface area contributed by atoms with Crippen molar-refractivity contribution in [1.82, 2.24) is 0 Å². The van der Waals surface area contributed by atoms with E-state index in [0.717, 1.165) is 18.4 Å². The van der Waals surface area contributed by atoms with Gasteiger partial charge in [0.1, 0.15) is 0 Å². The number of anilines is 1. The van der Waals surface area contributed by atoms with Crippen LogP contribution in [-0.2, 0) is 9.53 Å². The Morgan fingerprint density at radius 3 is 2.60 bits per heavy atom. The van der Waals surface area contributed by atoms with Gasteiger partial charge in [0.25, 0.3) is 0 Å². The minimum atomic E-state index is -0.287. The van der Waals surface area contributed by atoms with Crippen molar-refractivity contribution >= 4 is 17.7 Å². The van der Waals surface area contributed by atoms with Crippen LogP contribution in [0.2, 0.25) is 0 Å². The van der Waals surface area contributed by atoms with Gasteiger partial charge in [-0.25, -0.2) is 4.79 Å². The Bertz CT molecular complexity index is 423. The van der Waals surface area contributed by atoms with E-state index >= 15 is 0 Å². The minimum Gasteiger partial charge on any atom is -0.460 e. The third-order valence-corrected chi connectivity index (χ3v) is 3.13. The lowest BCUT2D eigenvalue weighted by molar-refractivity contribution is -0.142. The average molecular weight is 275 g/mol. The van der Waals surface area contributed by atoms with Crippen LogP contribution < -0.4 is 5.73 Å². The van der Waals surface area contributed by atoms with E-state index in [9.17, 15) is 4.79 Å². The van der Waals surface area contributed by atoms with E-state index in [1.807, 2.05) is 19.1 Å². The molecule has 0 saturated carbocycles. The maximum absolute atomic E-state index is 11.6. The molecule has 0 aliphatic heterocycles. The third-order valence-electron chi connectivity index (χ3n) is 3.13. The summed E-state index contributed by atoms with van der Waals surface area (Å²) in [5.41, 5.74) is 7.25. The van der Waals surface area contributed by atoms with Crippen LogP contribution in [0.5, 0.6) is 0 Å². The first-order valence-electron chi connectivity index (χ1n) is 7.36. The molecule has 0 aliphatic rings. The first-order valence-corrected chi connectivity index (χ1v) is 7.36. The maximum Gasteiger partial charge on any atom is 0.331 e. The molecule has 0 saturated heterocycles. The first-order chi connectivity index (χ1) is 9.61. The van der Waals surface area contributed by atoms with Gasteiger partial charge in [0, 0.05) is 11.8 Å². The number of ether oxygens (including phenoxy) is 1. The van der Waals surface area contributed by atoms with Gasteiger partial charge in [-0.3, -0.25) is 0 Å². The third kappa shape index (κ3) is 6.98. The quantitative estimate of drug-likeness (QED) is 0.335. The van der Waals surface area contributed by atoms with E-state index in [1.165, 1.54) is 25.3 Å². The summed E-state index contributed by atoms with van der Waals surface area (Å²) in [7, 11) is 0. The number of benzene rings is 1. The highest BCUT2D eigenvalue weighted by Gasteiger charge is 2.06. The molecule has 0 amide bonds. The summed E-state index contributed by atoms with van der Waals surface area (Å²) in [4.78, 5) is 11.6. The molecule has 0 bridgehead atoms. The second kappa shape index (κ2) is 9.18. The molecule has 110 valence electrons. The highest BCUT2D eigenvalue weighted by Crippen LogP contribution is 2.10. The van der Waals surface area contributed by atoms with E-state index < -0.39 is 0 Å². The van der Waals surface area contributed by atoms with Crippen molar-refractivity contribution < 1.29 is 9.53 Å². The lowest BCUT2D eigenvalue weighted by atomic mass is 10.1. The highest BCUT2D eigenvalue weighted by atomic mass is 16.5. The zero-order chi connectivity index (χ0) is 14.8. The van der Waals surface area contributed by atoms with Crippen molar-refractivity contribution in [2.45, 2.75) is 52.1 Å². The molecule has 0 radical (unpaired) electrons. The Morgan fingerprint density at radius 2 is 1.95 bits per heavy atom. The van der Waals surface area contributed by atoms with E-state index in [2.05, 4.69) is 6.92 Å². The predicted molar refractivity (Wildman–Crippen MR) is 84.2 cm³/mol. The van der Waals surface area contributed by atoms with Gasteiger partial charge in [-0.05, 0) is 43.5 Å². The molecule has 1 aromatic carbocycles. The van der Waals surface area contributed by atoms with Crippen LogP contribution in [-0.4, -0.2) is 12.1 Å². The Hall–Kier alpha value is -1.77. The molecule has 1 rings (SSSR count). The van der Waals surface area contributed by atoms with Gasteiger partial charge in [0.15, 0.2) is 0 Å². The van der Waals surface area contributed by atoms with E-state index in [0.29, 0.717) is 5.69 Å². The van der Waals surface area contributed by atoms with Crippen molar-refractivity contribution in [3.05, 3.63) is 35.9 Å². The Kier molecular flexibility index (Phi) is 7.48. The van der Waals surface area contributed by atoms with Crippen molar-refractivity contribution in [3.63, 3.8) is 0 Å². The first kappa shape index (κ1) is 16.3. The fourth-order valence-electron chi connectivity index (χ4n) is 1.93. The van der Waals surface area contributed by atoms with Crippen LogP contribution in [0, 0.1) is 0 Å². The molecule has 3 heteroatoms. The molecule has 1 unspecified atom stereocenters. The largest absolute Gasteiger partial charge is 0.460 e. The van der Waals surface area contributed by atoms with Gasteiger partial charge < -0.3 is 10.5 Å². The normalized spacial score (nSPS) is 12.5. The fraction of sp³-hybridized carbons (Fsp3) is 0.471. The van der Waals surface area contributed by atoms with E-state index in [4.69, 9.17) is 10.5 Å². The lowest BCUT2D eigenvalue weighted by Gasteiger charge is -2.11.